The van der Waals surface area contributed by atoms with Crippen LogP contribution >= 0.6 is 0 Å². The lowest BCUT2D eigenvalue weighted by Crippen LogP contribution is -2.06. The molecule has 0 heterocycles. The van der Waals surface area contributed by atoms with Gasteiger partial charge in [0.1, 0.15) is 7.28 Å². The van der Waals surface area contributed by atoms with Gasteiger partial charge in [-0.15, -0.1) is 0 Å². The molecule has 1 aliphatic rings. The molecule has 0 unspecified atom stereocenters. The van der Waals surface area contributed by atoms with Crippen LogP contribution in [0.5, 0.6) is 0 Å². The maximum Gasteiger partial charge on any atom is 0.109 e. The SMILES string of the molecule is CC[B]CCCC1CCCCC1. The summed E-state index contributed by atoms with van der Waals surface area (Å²) in [6.07, 6.45) is 13.1. The normalized spacial score (nSPS) is 19.4. The van der Waals surface area contributed by atoms with Gasteiger partial charge >= 0.3 is 0 Å². The highest BCUT2D eigenvalue weighted by atomic mass is 14.2. The monoisotopic (exact) mass is 165 g/mol. The van der Waals surface area contributed by atoms with E-state index in [2.05, 4.69) is 14.2 Å². The lowest BCUT2D eigenvalue weighted by molar-refractivity contribution is 0.336. The third-order valence-corrected chi connectivity index (χ3v) is 3.03. The number of hydrogen-bond acceptors (Lipinski definition) is 0. The minimum atomic E-state index is 1.09. The molecule has 0 nitrogen and oxygen atoms in total. The first-order chi connectivity index (χ1) is 5.93. The summed E-state index contributed by atoms with van der Waals surface area (Å²) in [4.78, 5) is 0. The van der Waals surface area contributed by atoms with E-state index < -0.39 is 0 Å². The Bertz CT molecular complexity index is 95.2. The minimum Gasteiger partial charge on any atom is -0.0831 e. The van der Waals surface area contributed by atoms with E-state index in [-0.39, 0.29) is 0 Å². The van der Waals surface area contributed by atoms with E-state index in [9.17, 15) is 0 Å². The molecule has 1 rings (SSSR count). The second-order valence-electron chi connectivity index (χ2n) is 4.13. The van der Waals surface area contributed by atoms with Crippen LogP contribution in [0.3, 0.4) is 0 Å². The van der Waals surface area contributed by atoms with Crippen molar-refractivity contribution in [3.63, 3.8) is 0 Å². The van der Waals surface area contributed by atoms with Gasteiger partial charge in [0.05, 0.1) is 0 Å². The zero-order valence-electron chi connectivity index (χ0n) is 8.52. The summed E-state index contributed by atoms with van der Waals surface area (Å²) in [6, 6.07) is 0. The molecule has 0 aromatic carbocycles. The van der Waals surface area contributed by atoms with Crippen LogP contribution in [-0.2, 0) is 0 Å². The van der Waals surface area contributed by atoms with Gasteiger partial charge in [-0.1, -0.05) is 64.5 Å². The average Bonchev–Trinajstić information content (AvgIpc) is 2.14. The summed E-state index contributed by atoms with van der Waals surface area (Å²) >= 11 is 0. The highest BCUT2D eigenvalue weighted by molar-refractivity contribution is 6.35. The number of hydrogen-bond donors (Lipinski definition) is 0. The summed E-state index contributed by atoms with van der Waals surface area (Å²) < 4.78 is 0. The van der Waals surface area contributed by atoms with Crippen LogP contribution in [0.1, 0.15) is 51.9 Å². The van der Waals surface area contributed by atoms with Crippen LogP contribution in [0, 0.1) is 5.92 Å². The summed E-state index contributed by atoms with van der Waals surface area (Å²) in [7, 11) is 2.42. The highest BCUT2D eigenvalue weighted by Crippen LogP contribution is 2.27. The van der Waals surface area contributed by atoms with Gasteiger partial charge in [0.25, 0.3) is 0 Å². The molecule has 1 aliphatic carbocycles. The van der Waals surface area contributed by atoms with Crippen molar-refractivity contribution in [1.82, 2.24) is 0 Å². The lowest BCUT2D eigenvalue weighted by atomic mass is 9.69. The van der Waals surface area contributed by atoms with Crippen molar-refractivity contribution in [2.75, 3.05) is 0 Å². The molecular weight excluding hydrogens is 143 g/mol. The topological polar surface area (TPSA) is 0 Å². The van der Waals surface area contributed by atoms with Gasteiger partial charge in [-0.2, -0.15) is 0 Å². The first-order valence-corrected chi connectivity index (χ1v) is 5.75. The molecule has 12 heavy (non-hydrogen) atoms. The molecule has 0 saturated heterocycles. The van der Waals surface area contributed by atoms with Crippen molar-refractivity contribution >= 4 is 7.28 Å². The van der Waals surface area contributed by atoms with Gasteiger partial charge in [-0.05, 0) is 5.92 Å². The van der Waals surface area contributed by atoms with Crippen molar-refractivity contribution in [3.8, 4) is 0 Å². The summed E-state index contributed by atoms with van der Waals surface area (Å²) in [6.45, 7) is 2.24. The van der Waals surface area contributed by atoms with E-state index in [4.69, 9.17) is 0 Å². The van der Waals surface area contributed by atoms with Crippen molar-refractivity contribution in [2.45, 2.75) is 64.5 Å². The molecule has 0 aliphatic heterocycles. The Morgan fingerprint density at radius 1 is 1.17 bits per heavy atom. The molecule has 0 amide bonds. The maximum absolute atomic E-state index is 2.42. The van der Waals surface area contributed by atoms with Crippen molar-refractivity contribution in [3.05, 3.63) is 0 Å². The molecule has 1 radical (unpaired) electrons. The highest BCUT2D eigenvalue weighted by Gasteiger charge is 2.12. The van der Waals surface area contributed by atoms with E-state index >= 15 is 0 Å². The van der Waals surface area contributed by atoms with E-state index in [0.717, 1.165) is 5.92 Å². The molecule has 1 fully saturated rings. The molecular formula is C11H22B. The van der Waals surface area contributed by atoms with Gasteiger partial charge in [0.15, 0.2) is 0 Å². The van der Waals surface area contributed by atoms with Gasteiger partial charge in [0.2, 0.25) is 0 Å². The van der Waals surface area contributed by atoms with Crippen LogP contribution in [0.2, 0.25) is 12.6 Å². The fraction of sp³-hybridized carbons (Fsp3) is 1.00. The van der Waals surface area contributed by atoms with Crippen molar-refractivity contribution in [1.29, 1.82) is 0 Å². The number of rotatable bonds is 5. The van der Waals surface area contributed by atoms with Gasteiger partial charge in [0, 0.05) is 0 Å². The Labute approximate surface area is 78.4 Å². The molecule has 0 bridgehead atoms. The molecule has 1 heteroatoms. The summed E-state index contributed by atoms with van der Waals surface area (Å²) in [5.74, 6) is 1.09. The second kappa shape index (κ2) is 6.57. The third kappa shape index (κ3) is 4.18. The van der Waals surface area contributed by atoms with E-state index in [1.54, 1.807) is 0 Å². The summed E-state index contributed by atoms with van der Waals surface area (Å²) in [5.41, 5.74) is 0. The van der Waals surface area contributed by atoms with Gasteiger partial charge in [-0.25, -0.2) is 0 Å². The Morgan fingerprint density at radius 3 is 2.58 bits per heavy atom. The molecule has 1 saturated carbocycles. The fourth-order valence-corrected chi connectivity index (χ4v) is 2.23. The van der Waals surface area contributed by atoms with Crippen molar-refractivity contribution in [2.24, 2.45) is 5.92 Å². The molecule has 69 valence electrons. The third-order valence-electron chi connectivity index (χ3n) is 3.03. The van der Waals surface area contributed by atoms with E-state index in [1.165, 1.54) is 57.6 Å². The Morgan fingerprint density at radius 2 is 1.92 bits per heavy atom. The lowest BCUT2D eigenvalue weighted by Gasteiger charge is -2.21. The zero-order chi connectivity index (χ0) is 8.65. The Kier molecular flexibility index (Phi) is 5.55. The minimum absolute atomic E-state index is 1.09. The molecule has 0 aromatic heterocycles. The van der Waals surface area contributed by atoms with Gasteiger partial charge < -0.3 is 0 Å². The predicted octanol–water partition coefficient (Wildman–Crippen LogP) is 3.91. The fourth-order valence-electron chi connectivity index (χ4n) is 2.23. The zero-order valence-corrected chi connectivity index (χ0v) is 8.52. The van der Waals surface area contributed by atoms with Crippen LogP contribution in [-0.4, -0.2) is 7.28 Å². The van der Waals surface area contributed by atoms with Crippen LogP contribution in [0.15, 0.2) is 0 Å². The molecule has 0 aromatic rings. The second-order valence-corrected chi connectivity index (χ2v) is 4.13. The first kappa shape index (κ1) is 10.1. The smallest absolute Gasteiger partial charge is 0.0831 e. The van der Waals surface area contributed by atoms with E-state index in [0.29, 0.717) is 0 Å². The Hall–Kier alpha value is 0.0649. The largest absolute Gasteiger partial charge is 0.109 e. The first-order valence-electron chi connectivity index (χ1n) is 5.75. The molecule has 0 spiro atoms. The van der Waals surface area contributed by atoms with E-state index in [1.807, 2.05) is 0 Å². The quantitative estimate of drug-likeness (QED) is 0.428. The Balaban J connectivity index is 1.91. The summed E-state index contributed by atoms with van der Waals surface area (Å²) in [5, 5.41) is 0. The maximum atomic E-state index is 2.42. The molecule has 0 atom stereocenters. The van der Waals surface area contributed by atoms with Crippen LogP contribution < -0.4 is 0 Å². The van der Waals surface area contributed by atoms with Gasteiger partial charge in [-0.3, -0.25) is 0 Å². The standard InChI is InChI=1S/C11H22B/c1-2-12-10-6-9-11-7-4-3-5-8-11/h11H,2-10H2,1H3. The van der Waals surface area contributed by atoms with Crippen molar-refractivity contribution < 1.29 is 0 Å². The van der Waals surface area contributed by atoms with Crippen LogP contribution in [0.25, 0.3) is 0 Å². The van der Waals surface area contributed by atoms with Crippen LogP contribution in [0.4, 0.5) is 0 Å². The molecule has 0 N–H and O–H groups in total. The average molecular weight is 165 g/mol. The predicted molar refractivity (Wildman–Crippen MR) is 56.9 cm³/mol.